The van der Waals surface area contributed by atoms with Crippen molar-refractivity contribution in [3.8, 4) is 11.5 Å². The SMILES string of the molecule is COc1ccc(C(=O)COC(=O)c2ccc(O)cc2)cc1F. The fraction of sp³-hybridized carbons (Fsp3) is 0.125. The number of aromatic hydroxyl groups is 1. The molecule has 2 aromatic rings. The number of esters is 1. The van der Waals surface area contributed by atoms with Crippen LogP contribution in [0.1, 0.15) is 20.7 Å². The van der Waals surface area contributed by atoms with Crippen molar-refractivity contribution in [1.29, 1.82) is 0 Å². The molecule has 0 amide bonds. The van der Waals surface area contributed by atoms with Gasteiger partial charge in [-0.05, 0) is 42.5 Å². The number of Topliss-reactive ketones (excluding diaryl/α,β-unsaturated/α-hetero) is 1. The van der Waals surface area contributed by atoms with Crippen LogP contribution >= 0.6 is 0 Å². The summed E-state index contributed by atoms with van der Waals surface area (Å²) in [5.41, 5.74) is 0.281. The summed E-state index contributed by atoms with van der Waals surface area (Å²) in [5, 5.41) is 9.12. The first-order chi connectivity index (χ1) is 10.5. The van der Waals surface area contributed by atoms with E-state index in [1.165, 1.54) is 43.5 Å². The normalized spacial score (nSPS) is 10.1. The van der Waals surface area contributed by atoms with E-state index in [0.717, 1.165) is 6.07 Å². The third-order valence-electron chi connectivity index (χ3n) is 2.91. The van der Waals surface area contributed by atoms with Crippen LogP contribution in [0.15, 0.2) is 42.5 Å². The Balaban J connectivity index is 1.99. The van der Waals surface area contributed by atoms with Gasteiger partial charge in [0.05, 0.1) is 12.7 Å². The van der Waals surface area contributed by atoms with E-state index in [-0.39, 0.29) is 22.6 Å². The predicted molar refractivity (Wildman–Crippen MR) is 75.7 cm³/mol. The molecule has 2 aromatic carbocycles. The van der Waals surface area contributed by atoms with E-state index in [2.05, 4.69) is 0 Å². The minimum atomic E-state index is -0.706. The highest BCUT2D eigenvalue weighted by Gasteiger charge is 2.14. The highest BCUT2D eigenvalue weighted by Crippen LogP contribution is 2.18. The van der Waals surface area contributed by atoms with Gasteiger partial charge in [-0.1, -0.05) is 0 Å². The molecule has 0 aromatic heterocycles. The number of methoxy groups -OCH3 is 1. The Morgan fingerprint density at radius 2 is 1.73 bits per heavy atom. The Labute approximate surface area is 125 Å². The lowest BCUT2D eigenvalue weighted by atomic mass is 10.1. The van der Waals surface area contributed by atoms with Gasteiger partial charge in [0.1, 0.15) is 5.75 Å². The molecule has 22 heavy (non-hydrogen) atoms. The van der Waals surface area contributed by atoms with Gasteiger partial charge in [0.2, 0.25) is 0 Å². The van der Waals surface area contributed by atoms with Crippen LogP contribution in [0.4, 0.5) is 4.39 Å². The van der Waals surface area contributed by atoms with Crippen molar-refractivity contribution in [2.45, 2.75) is 0 Å². The molecule has 0 heterocycles. The number of phenolic OH excluding ortho intramolecular Hbond substituents is 1. The molecule has 5 nitrogen and oxygen atoms in total. The molecule has 0 bridgehead atoms. The van der Waals surface area contributed by atoms with Crippen LogP contribution in [0.2, 0.25) is 0 Å². The third-order valence-corrected chi connectivity index (χ3v) is 2.91. The third kappa shape index (κ3) is 3.60. The Morgan fingerprint density at radius 3 is 2.32 bits per heavy atom. The molecule has 1 N–H and O–H groups in total. The van der Waals surface area contributed by atoms with Crippen LogP contribution in [0.25, 0.3) is 0 Å². The van der Waals surface area contributed by atoms with E-state index < -0.39 is 24.2 Å². The highest BCUT2D eigenvalue weighted by molar-refractivity contribution is 5.99. The molecule has 0 aliphatic rings. The van der Waals surface area contributed by atoms with Gasteiger partial charge in [0.25, 0.3) is 0 Å². The van der Waals surface area contributed by atoms with Gasteiger partial charge >= 0.3 is 5.97 Å². The second-order valence-corrected chi connectivity index (χ2v) is 4.40. The molecule has 0 atom stereocenters. The first-order valence-corrected chi connectivity index (χ1v) is 6.34. The molecule has 0 aliphatic carbocycles. The Bertz CT molecular complexity index is 694. The van der Waals surface area contributed by atoms with Gasteiger partial charge in [-0.25, -0.2) is 9.18 Å². The zero-order valence-corrected chi connectivity index (χ0v) is 11.7. The van der Waals surface area contributed by atoms with Crippen molar-refractivity contribution < 1.29 is 28.6 Å². The lowest BCUT2D eigenvalue weighted by Crippen LogP contribution is -2.14. The molecule has 0 unspecified atom stereocenters. The minimum Gasteiger partial charge on any atom is -0.508 e. The van der Waals surface area contributed by atoms with Crippen LogP contribution in [0.5, 0.6) is 11.5 Å². The van der Waals surface area contributed by atoms with Crippen LogP contribution in [-0.4, -0.2) is 30.6 Å². The summed E-state index contributed by atoms with van der Waals surface area (Å²) in [6.07, 6.45) is 0. The lowest BCUT2D eigenvalue weighted by Gasteiger charge is -2.06. The maximum atomic E-state index is 13.5. The van der Waals surface area contributed by atoms with Gasteiger partial charge in [-0.15, -0.1) is 0 Å². The summed E-state index contributed by atoms with van der Waals surface area (Å²) in [4.78, 5) is 23.6. The second-order valence-electron chi connectivity index (χ2n) is 4.40. The van der Waals surface area contributed by atoms with Crippen molar-refractivity contribution in [3.63, 3.8) is 0 Å². The van der Waals surface area contributed by atoms with Crippen molar-refractivity contribution in [2.75, 3.05) is 13.7 Å². The summed E-state index contributed by atoms with van der Waals surface area (Å²) in [7, 11) is 1.32. The molecule has 0 aliphatic heterocycles. The minimum absolute atomic E-state index is 0.0151. The molecule has 0 spiro atoms. The summed E-state index contributed by atoms with van der Waals surface area (Å²) < 4.78 is 23.1. The van der Waals surface area contributed by atoms with Gasteiger partial charge in [0, 0.05) is 5.56 Å². The summed E-state index contributed by atoms with van der Waals surface area (Å²) in [6.45, 7) is -0.508. The Hall–Kier alpha value is -2.89. The fourth-order valence-electron chi connectivity index (χ4n) is 1.74. The monoisotopic (exact) mass is 304 g/mol. The molecule has 0 radical (unpaired) electrons. The zero-order valence-electron chi connectivity index (χ0n) is 11.7. The number of benzene rings is 2. The molecular weight excluding hydrogens is 291 g/mol. The van der Waals surface area contributed by atoms with Gasteiger partial charge in [-0.3, -0.25) is 4.79 Å². The number of halogens is 1. The van der Waals surface area contributed by atoms with Crippen LogP contribution in [0.3, 0.4) is 0 Å². The topological polar surface area (TPSA) is 72.8 Å². The Kier molecular flexibility index (Phi) is 4.73. The van der Waals surface area contributed by atoms with E-state index >= 15 is 0 Å². The number of rotatable bonds is 5. The van der Waals surface area contributed by atoms with Crippen molar-refractivity contribution in [3.05, 3.63) is 59.4 Å². The first-order valence-electron chi connectivity index (χ1n) is 6.34. The highest BCUT2D eigenvalue weighted by atomic mass is 19.1. The predicted octanol–water partition coefficient (Wildman–Crippen LogP) is 2.58. The van der Waals surface area contributed by atoms with E-state index in [0.29, 0.717) is 0 Å². The molecular formula is C16H13FO5. The van der Waals surface area contributed by atoms with E-state index in [1.807, 2.05) is 0 Å². The molecule has 2 rings (SSSR count). The number of ether oxygens (including phenoxy) is 2. The van der Waals surface area contributed by atoms with E-state index in [4.69, 9.17) is 14.6 Å². The molecule has 0 saturated heterocycles. The summed E-state index contributed by atoms with van der Waals surface area (Å²) >= 11 is 0. The van der Waals surface area contributed by atoms with Crippen LogP contribution in [-0.2, 0) is 4.74 Å². The molecule has 0 saturated carbocycles. The first kappa shape index (κ1) is 15.5. The van der Waals surface area contributed by atoms with Gasteiger partial charge in [0.15, 0.2) is 24.0 Å². The quantitative estimate of drug-likeness (QED) is 0.679. The number of ketones is 1. The average molecular weight is 304 g/mol. The summed E-state index contributed by atoms with van der Waals surface area (Å²) in [5.74, 6) is -1.87. The molecule has 6 heteroatoms. The maximum Gasteiger partial charge on any atom is 0.338 e. The van der Waals surface area contributed by atoms with Crippen molar-refractivity contribution >= 4 is 11.8 Å². The smallest absolute Gasteiger partial charge is 0.338 e. The van der Waals surface area contributed by atoms with Crippen LogP contribution in [0, 0.1) is 5.82 Å². The lowest BCUT2D eigenvalue weighted by molar-refractivity contribution is 0.0474. The maximum absolute atomic E-state index is 13.5. The number of hydrogen-bond acceptors (Lipinski definition) is 5. The van der Waals surface area contributed by atoms with Crippen LogP contribution < -0.4 is 4.74 Å². The van der Waals surface area contributed by atoms with E-state index in [1.54, 1.807) is 0 Å². The fourth-order valence-corrected chi connectivity index (χ4v) is 1.74. The van der Waals surface area contributed by atoms with E-state index in [9.17, 15) is 14.0 Å². The largest absolute Gasteiger partial charge is 0.508 e. The number of carbonyl (C=O) groups is 2. The zero-order chi connectivity index (χ0) is 16.1. The molecule has 0 fully saturated rings. The second kappa shape index (κ2) is 6.71. The average Bonchev–Trinajstić information content (AvgIpc) is 2.52. The standard InChI is InChI=1S/C16H13FO5/c1-21-15-7-4-11(8-13(15)17)14(19)9-22-16(20)10-2-5-12(18)6-3-10/h2-8,18H,9H2,1H3. The number of phenols is 1. The van der Waals surface area contributed by atoms with Crippen molar-refractivity contribution in [2.24, 2.45) is 0 Å². The number of hydrogen-bond donors (Lipinski definition) is 1. The molecule has 114 valence electrons. The summed E-state index contributed by atoms with van der Waals surface area (Å²) in [6, 6.07) is 9.14. The van der Waals surface area contributed by atoms with Gasteiger partial charge < -0.3 is 14.6 Å². The van der Waals surface area contributed by atoms with Crippen molar-refractivity contribution in [1.82, 2.24) is 0 Å². The number of carbonyl (C=O) groups excluding carboxylic acids is 2. The Morgan fingerprint density at radius 1 is 1.09 bits per heavy atom. The van der Waals surface area contributed by atoms with Gasteiger partial charge in [-0.2, -0.15) is 0 Å².